The molecule has 0 saturated carbocycles. The summed E-state index contributed by atoms with van der Waals surface area (Å²) in [4.78, 5) is 29.4. The number of aromatic nitrogens is 1. The molecule has 0 radical (unpaired) electrons. The van der Waals surface area contributed by atoms with Gasteiger partial charge in [0.05, 0.1) is 5.56 Å². The number of carbonyl (C=O) groups is 2. The number of ether oxygens (including phenoxy) is 1. The number of aryl methyl sites for hydroxylation is 1. The molecule has 0 spiro atoms. The molecule has 0 fully saturated rings. The van der Waals surface area contributed by atoms with Gasteiger partial charge in [0.25, 0.3) is 0 Å². The van der Waals surface area contributed by atoms with E-state index in [1.54, 1.807) is 36.7 Å². The van der Waals surface area contributed by atoms with Crippen LogP contribution in [0.2, 0.25) is 0 Å². The number of rotatable bonds is 6. The zero-order valence-corrected chi connectivity index (χ0v) is 19.7. The summed E-state index contributed by atoms with van der Waals surface area (Å²) in [6, 6.07) is 33.5. The van der Waals surface area contributed by atoms with E-state index in [0.717, 1.165) is 27.8 Å². The fourth-order valence-corrected chi connectivity index (χ4v) is 3.90. The van der Waals surface area contributed by atoms with Crippen LogP contribution in [0.25, 0.3) is 22.3 Å². The summed E-state index contributed by atoms with van der Waals surface area (Å²) in [5.74, 6) is 0.0580. The minimum absolute atomic E-state index is 0.0300. The Kier molecular flexibility index (Phi) is 6.50. The van der Waals surface area contributed by atoms with Crippen molar-refractivity contribution < 1.29 is 14.3 Å². The molecular weight excluding hydrogens is 446 g/mol. The molecule has 5 aromatic rings. The van der Waals surface area contributed by atoms with Gasteiger partial charge in [-0.2, -0.15) is 0 Å². The molecule has 0 saturated heterocycles. The van der Waals surface area contributed by atoms with Crippen LogP contribution < -0.4 is 4.74 Å². The van der Waals surface area contributed by atoms with Gasteiger partial charge in [0.2, 0.25) is 0 Å². The summed E-state index contributed by atoms with van der Waals surface area (Å²) in [5.41, 5.74) is 6.81. The van der Waals surface area contributed by atoms with Crippen LogP contribution in [0, 0.1) is 6.92 Å². The number of hydrogen-bond donors (Lipinski definition) is 0. The van der Waals surface area contributed by atoms with Gasteiger partial charge in [0.1, 0.15) is 5.75 Å². The van der Waals surface area contributed by atoms with E-state index in [9.17, 15) is 9.59 Å². The summed E-state index contributed by atoms with van der Waals surface area (Å²) in [6.07, 6.45) is 3.54. The van der Waals surface area contributed by atoms with Crippen molar-refractivity contribution in [3.8, 4) is 28.0 Å². The first-order chi connectivity index (χ1) is 17.6. The molecule has 0 aliphatic carbocycles. The molecule has 0 amide bonds. The first-order valence-corrected chi connectivity index (χ1v) is 11.6. The molecule has 1 heterocycles. The summed E-state index contributed by atoms with van der Waals surface area (Å²) in [7, 11) is 0. The number of pyridine rings is 1. The van der Waals surface area contributed by atoms with Crippen LogP contribution in [0.4, 0.5) is 0 Å². The maximum atomic E-state index is 13.0. The third-order valence-electron chi connectivity index (χ3n) is 5.97. The van der Waals surface area contributed by atoms with Crippen LogP contribution in [0.3, 0.4) is 0 Å². The lowest BCUT2D eigenvalue weighted by Crippen LogP contribution is -2.08. The van der Waals surface area contributed by atoms with Crippen molar-refractivity contribution in [3.63, 3.8) is 0 Å². The highest BCUT2D eigenvalue weighted by Gasteiger charge is 2.11. The fourth-order valence-electron chi connectivity index (χ4n) is 3.90. The van der Waals surface area contributed by atoms with Crippen molar-refractivity contribution in [1.29, 1.82) is 0 Å². The van der Waals surface area contributed by atoms with Gasteiger partial charge in [0, 0.05) is 23.5 Å². The Balaban J connectivity index is 1.25. The largest absolute Gasteiger partial charge is 0.423 e. The van der Waals surface area contributed by atoms with E-state index in [0.29, 0.717) is 22.4 Å². The quantitative estimate of drug-likeness (QED) is 0.150. The number of carbonyl (C=O) groups excluding carboxylic acids is 2. The Morgan fingerprint density at radius 2 is 1.08 bits per heavy atom. The molecule has 0 atom stereocenters. The zero-order valence-electron chi connectivity index (χ0n) is 19.7. The molecule has 0 N–H and O–H groups in total. The number of esters is 1. The lowest BCUT2D eigenvalue weighted by Gasteiger charge is -2.08. The lowest BCUT2D eigenvalue weighted by molar-refractivity contribution is 0.0734. The molecule has 4 nitrogen and oxygen atoms in total. The second-order valence-electron chi connectivity index (χ2n) is 8.51. The average molecular weight is 470 g/mol. The van der Waals surface area contributed by atoms with Crippen LogP contribution >= 0.6 is 0 Å². The smallest absolute Gasteiger partial charge is 0.343 e. The monoisotopic (exact) mass is 469 g/mol. The molecule has 0 unspecified atom stereocenters. The van der Waals surface area contributed by atoms with Gasteiger partial charge in [-0.15, -0.1) is 0 Å². The highest BCUT2D eigenvalue weighted by atomic mass is 16.5. The number of ketones is 1. The minimum atomic E-state index is -0.390. The van der Waals surface area contributed by atoms with E-state index in [-0.39, 0.29) is 11.8 Å². The molecule has 36 heavy (non-hydrogen) atoms. The van der Waals surface area contributed by atoms with E-state index in [2.05, 4.69) is 4.98 Å². The molecular formula is C32H23NO3. The molecule has 5 rings (SSSR count). The summed E-state index contributed by atoms with van der Waals surface area (Å²) >= 11 is 0. The van der Waals surface area contributed by atoms with Gasteiger partial charge >= 0.3 is 5.97 Å². The average Bonchev–Trinajstić information content (AvgIpc) is 2.94. The topological polar surface area (TPSA) is 56.3 Å². The van der Waals surface area contributed by atoms with Crippen LogP contribution in [-0.4, -0.2) is 16.7 Å². The first-order valence-electron chi connectivity index (χ1n) is 11.6. The van der Waals surface area contributed by atoms with Gasteiger partial charge in [-0.25, -0.2) is 4.79 Å². The Morgan fingerprint density at radius 1 is 0.583 bits per heavy atom. The molecule has 1 aromatic heterocycles. The normalized spacial score (nSPS) is 10.6. The van der Waals surface area contributed by atoms with Gasteiger partial charge < -0.3 is 4.74 Å². The summed E-state index contributed by atoms with van der Waals surface area (Å²) in [6.45, 7) is 1.97. The van der Waals surface area contributed by atoms with Crippen molar-refractivity contribution in [1.82, 2.24) is 4.98 Å². The van der Waals surface area contributed by atoms with Gasteiger partial charge in [-0.05, 0) is 59.5 Å². The maximum absolute atomic E-state index is 13.0. The lowest BCUT2D eigenvalue weighted by atomic mass is 9.98. The number of hydrogen-bond acceptors (Lipinski definition) is 4. The Bertz CT molecular complexity index is 1490. The summed E-state index contributed by atoms with van der Waals surface area (Å²) in [5, 5.41) is 0. The Morgan fingerprint density at radius 3 is 1.61 bits per heavy atom. The zero-order chi connectivity index (χ0) is 24.9. The van der Waals surface area contributed by atoms with Crippen LogP contribution in [-0.2, 0) is 0 Å². The SMILES string of the molecule is Cc1ccc(C(=O)Oc2ccc(-c3ccc(C(=O)c4ccc(-c5cccnc5)cc4)cc3)cc2)cc1. The molecule has 0 bridgehead atoms. The van der Waals surface area contributed by atoms with Gasteiger partial charge in [0.15, 0.2) is 5.78 Å². The number of benzene rings is 4. The second-order valence-corrected chi connectivity index (χ2v) is 8.51. The van der Waals surface area contributed by atoms with E-state index in [4.69, 9.17) is 4.74 Å². The third kappa shape index (κ3) is 5.13. The highest BCUT2D eigenvalue weighted by Crippen LogP contribution is 2.25. The second kappa shape index (κ2) is 10.2. The highest BCUT2D eigenvalue weighted by molar-refractivity contribution is 6.09. The Hall–Kier alpha value is -4.83. The van der Waals surface area contributed by atoms with Crippen LogP contribution in [0.15, 0.2) is 122 Å². The van der Waals surface area contributed by atoms with Crippen molar-refractivity contribution in [2.75, 3.05) is 0 Å². The fraction of sp³-hybridized carbons (Fsp3) is 0.0312. The van der Waals surface area contributed by atoms with Crippen LogP contribution in [0.5, 0.6) is 5.75 Å². The van der Waals surface area contributed by atoms with E-state index < -0.39 is 0 Å². The predicted molar refractivity (Wildman–Crippen MR) is 141 cm³/mol. The van der Waals surface area contributed by atoms with E-state index in [1.807, 2.05) is 91.9 Å². The van der Waals surface area contributed by atoms with Crippen molar-refractivity contribution in [2.45, 2.75) is 6.92 Å². The third-order valence-corrected chi connectivity index (χ3v) is 5.97. The first kappa shape index (κ1) is 22.9. The number of nitrogens with zero attached hydrogens (tertiary/aromatic N) is 1. The van der Waals surface area contributed by atoms with Crippen molar-refractivity contribution >= 4 is 11.8 Å². The standard InChI is InChI=1S/C32H23NO3/c1-22-4-6-28(7-5-22)32(35)36-30-18-16-24(17-19-30)23-8-12-26(13-9-23)31(34)27-14-10-25(11-15-27)29-3-2-20-33-21-29/h2-21H,1H3. The van der Waals surface area contributed by atoms with Gasteiger partial charge in [-0.1, -0.05) is 84.4 Å². The van der Waals surface area contributed by atoms with Crippen molar-refractivity contribution in [2.24, 2.45) is 0 Å². The summed E-state index contributed by atoms with van der Waals surface area (Å²) < 4.78 is 5.48. The predicted octanol–water partition coefficient (Wildman–Crippen LogP) is 7.17. The molecule has 4 aromatic carbocycles. The van der Waals surface area contributed by atoms with Gasteiger partial charge in [-0.3, -0.25) is 9.78 Å². The van der Waals surface area contributed by atoms with Crippen LogP contribution in [0.1, 0.15) is 31.8 Å². The Labute approximate surface area is 209 Å². The minimum Gasteiger partial charge on any atom is -0.423 e. The van der Waals surface area contributed by atoms with Crippen molar-refractivity contribution in [3.05, 3.63) is 144 Å². The molecule has 0 aliphatic heterocycles. The maximum Gasteiger partial charge on any atom is 0.343 e. The molecule has 4 heteroatoms. The molecule has 0 aliphatic rings. The molecule has 174 valence electrons. The van der Waals surface area contributed by atoms with E-state index >= 15 is 0 Å². The van der Waals surface area contributed by atoms with E-state index in [1.165, 1.54) is 0 Å².